The van der Waals surface area contributed by atoms with Gasteiger partial charge in [0.1, 0.15) is 23.8 Å². The first-order valence-corrected chi connectivity index (χ1v) is 6.29. The summed E-state index contributed by atoms with van der Waals surface area (Å²) in [6, 6.07) is 7.74. The minimum Gasteiger partial charge on any atom is -0.457 e. The van der Waals surface area contributed by atoms with Crippen LogP contribution in [0.1, 0.15) is 15.9 Å². The Kier molecular flexibility index (Phi) is 4.57. The molecule has 0 bridgehead atoms. The van der Waals surface area contributed by atoms with E-state index in [1.54, 1.807) is 12.1 Å². The summed E-state index contributed by atoms with van der Waals surface area (Å²) in [4.78, 5) is 11.7. The summed E-state index contributed by atoms with van der Waals surface area (Å²) in [5.74, 6) is -3.04. The molecular formula is C14H8Cl2F2O2. The molecule has 2 rings (SSSR count). The molecule has 2 aromatic carbocycles. The molecule has 0 fully saturated rings. The van der Waals surface area contributed by atoms with E-state index in [1.807, 2.05) is 0 Å². The van der Waals surface area contributed by atoms with Gasteiger partial charge in [-0.25, -0.2) is 13.6 Å². The molecule has 0 aliphatic heterocycles. The van der Waals surface area contributed by atoms with Gasteiger partial charge in [0.05, 0.1) is 0 Å². The maximum Gasteiger partial charge on any atom is 0.344 e. The van der Waals surface area contributed by atoms with Gasteiger partial charge >= 0.3 is 5.97 Å². The number of halogens is 4. The summed E-state index contributed by atoms with van der Waals surface area (Å²) in [6.45, 7) is -0.206. The molecule has 0 aliphatic rings. The molecule has 0 saturated carbocycles. The molecule has 0 atom stereocenters. The number of ether oxygens (including phenoxy) is 1. The zero-order chi connectivity index (χ0) is 14.7. The third-order valence-electron chi connectivity index (χ3n) is 2.54. The van der Waals surface area contributed by atoms with Crippen molar-refractivity contribution < 1.29 is 18.3 Å². The molecule has 0 amide bonds. The van der Waals surface area contributed by atoms with E-state index in [2.05, 4.69) is 0 Å². The summed E-state index contributed by atoms with van der Waals surface area (Å²) in [7, 11) is 0. The van der Waals surface area contributed by atoms with Crippen molar-refractivity contribution in [1.29, 1.82) is 0 Å². The Labute approximate surface area is 123 Å². The zero-order valence-corrected chi connectivity index (χ0v) is 11.5. The van der Waals surface area contributed by atoms with Gasteiger partial charge in [0.25, 0.3) is 0 Å². The highest BCUT2D eigenvalue weighted by Crippen LogP contribution is 2.22. The van der Waals surface area contributed by atoms with Crippen molar-refractivity contribution >= 4 is 29.2 Å². The molecule has 0 aliphatic carbocycles. The minimum atomic E-state index is -1.09. The van der Waals surface area contributed by atoms with Crippen LogP contribution in [0.2, 0.25) is 10.0 Å². The average molecular weight is 317 g/mol. The van der Waals surface area contributed by atoms with Crippen LogP contribution >= 0.6 is 23.2 Å². The third-order valence-corrected chi connectivity index (χ3v) is 3.13. The van der Waals surface area contributed by atoms with Crippen molar-refractivity contribution in [3.63, 3.8) is 0 Å². The number of hydrogen-bond donors (Lipinski definition) is 0. The number of rotatable bonds is 3. The van der Waals surface area contributed by atoms with Crippen LogP contribution in [0.15, 0.2) is 36.4 Å². The van der Waals surface area contributed by atoms with Crippen LogP contribution in [0.3, 0.4) is 0 Å². The van der Waals surface area contributed by atoms with Crippen LogP contribution in [-0.4, -0.2) is 5.97 Å². The van der Waals surface area contributed by atoms with E-state index in [0.29, 0.717) is 15.6 Å². The summed E-state index contributed by atoms with van der Waals surface area (Å²) in [6.07, 6.45) is 0. The monoisotopic (exact) mass is 316 g/mol. The highest BCUT2D eigenvalue weighted by molar-refractivity contribution is 6.35. The lowest BCUT2D eigenvalue weighted by molar-refractivity contribution is 0.0461. The van der Waals surface area contributed by atoms with Crippen molar-refractivity contribution in [3.05, 3.63) is 69.2 Å². The van der Waals surface area contributed by atoms with Gasteiger partial charge in [0.2, 0.25) is 0 Å². The molecule has 2 aromatic rings. The van der Waals surface area contributed by atoms with Crippen molar-refractivity contribution in [3.8, 4) is 0 Å². The van der Waals surface area contributed by atoms with Crippen molar-refractivity contribution in [2.24, 2.45) is 0 Å². The fraction of sp³-hybridized carbons (Fsp3) is 0.0714. The van der Waals surface area contributed by atoms with E-state index in [1.165, 1.54) is 6.07 Å². The Morgan fingerprint density at radius 3 is 2.35 bits per heavy atom. The fourth-order valence-corrected chi connectivity index (χ4v) is 2.01. The van der Waals surface area contributed by atoms with Gasteiger partial charge in [-0.3, -0.25) is 0 Å². The van der Waals surface area contributed by atoms with Gasteiger partial charge in [-0.05, 0) is 24.3 Å². The topological polar surface area (TPSA) is 26.3 Å². The van der Waals surface area contributed by atoms with Crippen LogP contribution < -0.4 is 0 Å². The van der Waals surface area contributed by atoms with Crippen LogP contribution in [-0.2, 0) is 11.3 Å². The van der Waals surface area contributed by atoms with E-state index >= 15 is 0 Å². The van der Waals surface area contributed by atoms with Crippen LogP contribution in [0.4, 0.5) is 8.78 Å². The summed E-state index contributed by atoms with van der Waals surface area (Å²) in [5, 5.41) is 0.740. The third kappa shape index (κ3) is 3.26. The highest BCUT2D eigenvalue weighted by Gasteiger charge is 2.18. The highest BCUT2D eigenvalue weighted by atomic mass is 35.5. The van der Waals surface area contributed by atoms with Crippen molar-refractivity contribution in [2.75, 3.05) is 0 Å². The van der Waals surface area contributed by atoms with Crippen LogP contribution in [0, 0.1) is 11.6 Å². The normalized spacial score (nSPS) is 10.4. The van der Waals surface area contributed by atoms with Gasteiger partial charge in [0, 0.05) is 15.6 Å². The van der Waals surface area contributed by atoms with Gasteiger partial charge < -0.3 is 4.74 Å². The molecular weight excluding hydrogens is 309 g/mol. The predicted molar refractivity (Wildman–Crippen MR) is 71.9 cm³/mol. The lowest BCUT2D eigenvalue weighted by Gasteiger charge is -2.08. The Hall–Kier alpha value is -1.65. The van der Waals surface area contributed by atoms with E-state index in [9.17, 15) is 13.6 Å². The maximum absolute atomic E-state index is 13.4. The maximum atomic E-state index is 13.4. The van der Waals surface area contributed by atoms with Crippen molar-refractivity contribution in [1.82, 2.24) is 0 Å². The quantitative estimate of drug-likeness (QED) is 0.772. The Balaban J connectivity index is 2.13. The Morgan fingerprint density at radius 1 is 1.10 bits per heavy atom. The standard InChI is InChI=1S/C14H8Cl2F2O2/c15-9-5-4-8(10(16)6-9)7-20-14(19)13-11(17)2-1-3-12(13)18/h1-6H,7H2. The van der Waals surface area contributed by atoms with E-state index in [0.717, 1.165) is 18.2 Å². The largest absolute Gasteiger partial charge is 0.457 e. The SMILES string of the molecule is O=C(OCc1ccc(Cl)cc1Cl)c1c(F)cccc1F. The molecule has 104 valence electrons. The van der Waals surface area contributed by atoms with E-state index < -0.39 is 23.2 Å². The smallest absolute Gasteiger partial charge is 0.344 e. The molecule has 0 saturated heterocycles. The van der Waals surface area contributed by atoms with Crippen molar-refractivity contribution in [2.45, 2.75) is 6.61 Å². The molecule has 0 heterocycles. The number of esters is 1. The first kappa shape index (κ1) is 14.8. The molecule has 2 nitrogen and oxygen atoms in total. The average Bonchev–Trinajstić information content (AvgIpc) is 2.37. The number of carbonyl (C=O) groups excluding carboxylic acids is 1. The molecule has 20 heavy (non-hydrogen) atoms. The number of hydrogen-bond acceptors (Lipinski definition) is 2. The molecule has 0 unspecified atom stereocenters. The van der Waals surface area contributed by atoms with E-state index in [-0.39, 0.29) is 6.61 Å². The summed E-state index contributed by atoms with van der Waals surface area (Å²) < 4.78 is 31.6. The first-order valence-electron chi connectivity index (χ1n) is 5.54. The summed E-state index contributed by atoms with van der Waals surface area (Å²) >= 11 is 11.6. The molecule has 6 heteroatoms. The Bertz CT molecular complexity index is 639. The molecule has 0 radical (unpaired) electrons. The minimum absolute atomic E-state index is 0.206. The van der Waals surface area contributed by atoms with Gasteiger partial charge in [0.15, 0.2) is 0 Å². The van der Waals surface area contributed by atoms with Gasteiger partial charge in [-0.15, -0.1) is 0 Å². The Morgan fingerprint density at radius 2 is 1.75 bits per heavy atom. The summed E-state index contributed by atoms with van der Waals surface area (Å²) in [5.41, 5.74) is -0.237. The van der Waals surface area contributed by atoms with E-state index in [4.69, 9.17) is 27.9 Å². The number of benzene rings is 2. The first-order chi connectivity index (χ1) is 9.49. The number of carbonyl (C=O) groups is 1. The second kappa shape index (κ2) is 6.20. The van der Waals surface area contributed by atoms with Gasteiger partial charge in [-0.2, -0.15) is 0 Å². The van der Waals surface area contributed by atoms with Crippen LogP contribution in [0.5, 0.6) is 0 Å². The van der Waals surface area contributed by atoms with Crippen LogP contribution in [0.25, 0.3) is 0 Å². The lowest BCUT2D eigenvalue weighted by Crippen LogP contribution is -2.10. The predicted octanol–water partition coefficient (Wildman–Crippen LogP) is 4.63. The lowest BCUT2D eigenvalue weighted by atomic mass is 10.2. The van der Waals surface area contributed by atoms with Gasteiger partial charge in [-0.1, -0.05) is 35.3 Å². The zero-order valence-electron chi connectivity index (χ0n) is 10.00. The molecule has 0 spiro atoms. The molecule has 0 aromatic heterocycles. The fourth-order valence-electron chi connectivity index (χ4n) is 1.55. The molecule has 0 N–H and O–H groups in total. The second-order valence-electron chi connectivity index (χ2n) is 3.91. The second-order valence-corrected chi connectivity index (χ2v) is 4.75.